The van der Waals surface area contributed by atoms with Gasteiger partial charge in [-0.3, -0.25) is 19.2 Å². The van der Waals surface area contributed by atoms with Crippen molar-refractivity contribution in [3.63, 3.8) is 0 Å². The number of carboxylic acids is 2. The predicted molar refractivity (Wildman–Crippen MR) is 150 cm³/mol. The molecule has 3 amide bonds. The number of hydrogen-bond acceptors (Lipinski definition) is 9. The van der Waals surface area contributed by atoms with Gasteiger partial charge < -0.3 is 47.1 Å². The normalized spacial score (nSPS) is 13.6. The number of aromatic hydroxyl groups is 2. The number of carboxylic acid groups (broad SMARTS) is 2. The van der Waals surface area contributed by atoms with Gasteiger partial charge in [0.1, 0.15) is 29.6 Å². The Labute approximate surface area is 245 Å². The summed E-state index contributed by atoms with van der Waals surface area (Å²) >= 11 is 0. The molecule has 228 valence electrons. The molecule has 1 heterocycles. The van der Waals surface area contributed by atoms with Crippen LogP contribution in [0.1, 0.15) is 23.2 Å². The van der Waals surface area contributed by atoms with Crippen LogP contribution in [-0.4, -0.2) is 84.2 Å². The van der Waals surface area contributed by atoms with Crippen LogP contribution in [0.5, 0.6) is 11.5 Å². The number of nitrogens with one attached hydrogen (secondary N) is 4. The fourth-order valence-electron chi connectivity index (χ4n) is 4.08. The first kappa shape index (κ1) is 32.1. The van der Waals surface area contributed by atoms with E-state index in [1.165, 1.54) is 48.9 Å². The van der Waals surface area contributed by atoms with Crippen molar-refractivity contribution >= 4 is 29.7 Å². The highest BCUT2D eigenvalue weighted by molar-refractivity contribution is 5.95. The summed E-state index contributed by atoms with van der Waals surface area (Å²) in [5.41, 5.74) is 7.70. The average molecular weight is 597 g/mol. The standard InChI is InChI=1S/C28H32N6O9/c29-20(9-15-1-5-18(35)6-2-15)25(39)32-22(11-17-13-30-14-31-17)27(41)33-21(10-16-3-7-19(36)8-4-16)26(40)34-23(28(42)43)12-24(37)38/h1-8,13-14,20-23,35-36H,9-12,29H2,(H,30,31)(H,32,39)(H,33,41)(H,34,40)(H,37,38)(H,42,43). The van der Waals surface area contributed by atoms with Crippen molar-refractivity contribution in [1.29, 1.82) is 0 Å². The number of aromatic nitrogens is 2. The minimum atomic E-state index is -1.78. The van der Waals surface area contributed by atoms with E-state index >= 15 is 0 Å². The van der Waals surface area contributed by atoms with Gasteiger partial charge >= 0.3 is 11.9 Å². The van der Waals surface area contributed by atoms with Crippen molar-refractivity contribution in [3.8, 4) is 11.5 Å². The van der Waals surface area contributed by atoms with Crippen LogP contribution in [0.15, 0.2) is 61.1 Å². The molecule has 0 radical (unpaired) electrons. The van der Waals surface area contributed by atoms with Gasteiger partial charge in [0.25, 0.3) is 0 Å². The maximum Gasteiger partial charge on any atom is 0.326 e. The number of nitrogens with zero attached hydrogens (tertiary/aromatic N) is 1. The number of hydrogen-bond donors (Lipinski definition) is 9. The van der Waals surface area contributed by atoms with Crippen molar-refractivity contribution in [3.05, 3.63) is 77.9 Å². The number of aliphatic carboxylic acids is 2. The lowest BCUT2D eigenvalue weighted by Gasteiger charge is -2.25. The lowest BCUT2D eigenvalue weighted by molar-refractivity contribution is -0.147. The fourth-order valence-corrected chi connectivity index (χ4v) is 4.08. The zero-order chi connectivity index (χ0) is 31.5. The van der Waals surface area contributed by atoms with Crippen molar-refractivity contribution < 1.29 is 44.4 Å². The summed E-state index contributed by atoms with van der Waals surface area (Å²) in [5.74, 6) is -5.53. The summed E-state index contributed by atoms with van der Waals surface area (Å²) in [6.07, 6.45) is 1.76. The number of phenolic OH excluding ortho intramolecular Hbond substituents is 2. The van der Waals surface area contributed by atoms with Gasteiger partial charge in [-0.15, -0.1) is 0 Å². The average Bonchev–Trinajstić information content (AvgIpc) is 3.47. The van der Waals surface area contributed by atoms with Gasteiger partial charge in [-0.2, -0.15) is 0 Å². The Balaban J connectivity index is 1.81. The van der Waals surface area contributed by atoms with Crippen molar-refractivity contribution in [1.82, 2.24) is 25.9 Å². The van der Waals surface area contributed by atoms with Gasteiger partial charge in [0.15, 0.2) is 0 Å². The van der Waals surface area contributed by atoms with Gasteiger partial charge in [0.2, 0.25) is 17.7 Å². The molecular weight excluding hydrogens is 564 g/mol. The van der Waals surface area contributed by atoms with Crippen LogP contribution >= 0.6 is 0 Å². The molecule has 3 aromatic rings. The Morgan fingerprint density at radius 3 is 1.70 bits per heavy atom. The van der Waals surface area contributed by atoms with Gasteiger partial charge in [-0.1, -0.05) is 24.3 Å². The second-order valence-corrected chi connectivity index (χ2v) is 9.75. The van der Waals surface area contributed by atoms with Crippen LogP contribution in [0.4, 0.5) is 0 Å². The SMILES string of the molecule is NC(Cc1ccc(O)cc1)C(=O)NC(Cc1cnc[nH]1)C(=O)NC(Cc1ccc(O)cc1)C(=O)NC(CC(=O)O)C(=O)O. The third-order valence-corrected chi connectivity index (χ3v) is 6.34. The van der Waals surface area contributed by atoms with E-state index in [1.807, 2.05) is 0 Å². The van der Waals surface area contributed by atoms with Gasteiger partial charge in [-0.05, 0) is 41.8 Å². The highest BCUT2D eigenvalue weighted by Gasteiger charge is 2.31. The Hall–Kier alpha value is -5.44. The third kappa shape index (κ3) is 10.2. The van der Waals surface area contributed by atoms with E-state index in [4.69, 9.17) is 10.8 Å². The Morgan fingerprint density at radius 1 is 0.721 bits per heavy atom. The smallest absolute Gasteiger partial charge is 0.326 e. The molecule has 15 heteroatoms. The number of carbonyl (C=O) groups excluding carboxylic acids is 3. The van der Waals surface area contributed by atoms with E-state index in [-0.39, 0.29) is 30.8 Å². The lowest BCUT2D eigenvalue weighted by atomic mass is 10.0. The number of carbonyl (C=O) groups is 5. The minimum Gasteiger partial charge on any atom is -0.508 e. The summed E-state index contributed by atoms with van der Waals surface area (Å²) in [6.45, 7) is 0. The molecular formula is C28H32N6O9. The number of aromatic amines is 1. The molecule has 0 bridgehead atoms. The topological polar surface area (TPSA) is 257 Å². The quantitative estimate of drug-likeness (QED) is 0.105. The van der Waals surface area contributed by atoms with Crippen molar-refractivity contribution in [2.75, 3.05) is 0 Å². The molecule has 0 aliphatic rings. The molecule has 2 aromatic carbocycles. The van der Waals surface area contributed by atoms with Crippen LogP contribution < -0.4 is 21.7 Å². The second kappa shape index (κ2) is 15.0. The molecule has 4 atom stereocenters. The van der Waals surface area contributed by atoms with Crippen LogP contribution in [0.25, 0.3) is 0 Å². The monoisotopic (exact) mass is 596 g/mol. The van der Waals surface area contributed by atoms with E-state index < -0.39 is 60.2 Å². The number of imidazole rings is 1. The molecule has 10 N–H and O–H groups in total. The molecule has 0 saturated heterocycles. The Morgan fingerprint density at radius 2 is 1.21 bits per heavy atom. The fraction of sp³-hybridized carbons (Fsp3) is 0.286. The maximum absolute atomic E-state index is 13.5. The van der Waals surface area contributed by atoms with Gasteiger partial charge in [-0.25, -0.2) is 9.78 Å². The molecule has 0 aliphatic carbocycles. The molecule has 4 unspecified atom stereocenters. The first-order valence-electron chi connectivity index (χ1n) is 13.1. The molecule has 0 saturated carbocycles. The van der Waals surface area contributed by atoms with E-state index in [2.05, 4.69) is 25.9 Å². The first-order chi connectivity index (χ1) is 20.4. The minimum absolute atomic E-state index is 0.0431. The number of amides is 3. The first-order valence-corrected chi connectivity index (χ1v) is 13.1. The molecule has 43 heavy (non-hydrogen) atoms. The van der Waals surface area contributed by atoms with E-state index in [0.717, 1.165) is 0 Å². The number of H-pyrrole nitrogens is 1. The van der Waals surface area contributed by atoms with E-state index in [0.29, 0.717) is 16.8 Å². The summed E-state index contributed by atoms with van der Waals surface area (Å²) in [4.78, 5) is 69.1. The number of benzene rings is 2. The molecule has 1 aromatic heterocycles. The van der Waals surface area contributed by atoms with Crippen molar-refractivity contribution in [2.24, 2.45) is 5.73 Å². The lowest BCUT2D eigenvalue weighted by Crippen LogP contribution is -2.58. The number of nitrogens with two attached hydrogens (primary N) is 1. The highest BCUT2D eigenvalue weighted by atomic mass is 16.4. The van der Waals surface area contributed by atoms with Crippen LogP contribution in [0.2, 0.25) is 0 Å². The molecule has 0 spiro atoms. The Kier molecular flexibility index (Phi) is 11.2. The van der Waals surface area contributed by atoms with Crippen LogP contribution in [0.3, 0.4) is 0 Å². The Bertz CT molecular complexity index is 1410. The number of rotatable bonds is 15. The summed E-state index contributed by atoms with van der Waals surface area (Å²) < 4.78 is 0. The van der Waals surface area contributed by atoms with Crippen LogP contribution in [0, 0.1) is 0 Å². The van der Waals surface area contributed by atoms with Crippen molar-refractivity contribution in [2.45, 2.75) is 49.9 Å². The predicted octanol–water partition coefficient (Wildman–Crippen LogP) is -0.810. The van der Waals surface area contributed by atoms with Gasteiger partial charge in [0, 0.05) is 24.7 Å². The maximum atomic E-state index is 13.5. The molecule has 15 nitrogen and oxygen atoms in total. The molecule has 0 aliphatic heterocycles. The molecule has 0 fully saturated rings. The van der Waals surface area contributed by atoms with Crippen LogP contribution in [-0.2, 0) is 43.2 Å². The largest absolute Gasteiger partial charge is 0.508 e. The summed E-state index contributed by atoms with van der Waals surface area (Å²) in [5, 5.41) is 44.7. The van der Waals surface area contributed by atoms with Gasteiger partial charge in [0.05, 0.1) is 18.8 Å². The summed E-state index contributed by atoms with van der Waals surface area (Å²) in [6, 6.07) is 6.24. The highest BCUT2D eigenvalue weighted by Crippen LogP contribution is 2.13. The zero-order valence-electron chi connectivity index (χ0n) is 22.8. The second-order valence-electron chi connectivity index (χ2n) is 9.75. The zero-order valence-corrected chi connectivity index (χ0v) is 22.8. The number of phenols is 2. The third-order valence-electron chi connectivity index (χ3n) is 6.34. The van der Waals surface area contributed by atoms with E-state index in [9.17, 15) is 39.3 Å². The van der Waals surface area contributed by atoms with E-state index in [1.54, 1.807) is 12.1 Å². The summed E-state index contributed by atoms with van der Waals surface area (Å²) in [7, 11) is 0. The molecule has 3 rings (SSSR count).